The van der Waals surface area contributed by atoms with Crippen LogP contribution < -0.4 is 5.32 Å². The van der Waals surface area contributed by atoms with Crippen LogP contribution in [0, 0.1) is 5.92 Å². The lowest BCUT2D eigenvalue weighted by Gasteiger charge is -2.18. The highest BCUT2D eigenvalue weighted by molar-refractivity contribution is 5.77. The number of allylic oxidation sites excluding steroid dienone is 2. The first-order valence-corrected chi connectivity index (χ1v) is 7.51. The minimum Gasteiger partial charge on any atom is -0.440 e. The summed E-state index contributed by atoms with van der Waals surface area (Å²) >= 11 is 0. The molecule has 3 heteroatoms. The van der Waals surface area contributed by atoms with Crippen molar-refractivity contribution in [2.75, 3.05) is 11.9 Å². The van der Waals surface area contributed by atoms with Gasteiger partial charge in [0.15, 0.2) is 11.5 Å². The zero-order valence-corrected chi connectivity index (χ0v) is 12.2. The van der Waals surface area contributed by atoms with Crippen LogP contribution in [0.2, 0.25) is 0 Å². The lowest BCUT2D eigenvalue weighted by atomic mass is 9.94. The molecule has 0 fully saturated rings. The summed E-state index contributed by atoms with van der Waals surface area (Å²) in [6.45, 7) is 5.23. The molecule has 1 aromatic carbocycles. The molecule has 1 aliphatic rings. The summed E-state index contributed by atoms with van der Waals surface area (Å²) in [5, 5.41) is 3.53. The number of anilines is 1. The van der Waals surface area contributed by atoms with Gasteiger partial charge in [0.1, 0.15) is 5.52 Å². The molecule has 0 radical (unpaired) electrons. The fraction of sp³-hybridized carbons (Fsp3) is 0.471. The molecule has 106 valence electrons. The maximum atomic E-state index is 5.73. The van der Waals surface area contributed by atoms with Gasteiger partial charge < -0.3 is 9.73 Å². The molecule has 1 unspecified atom stereocenters. The van der Waals surface area contributed by atoms with E-state index in [9.17, 15) is 0 Å². The van der Waals surface area contributed by atoms with Gasteiger partial charge in [0.25, 0.3) is 0 Å². The van der Waals surface area contributed by atoms with Crippen LogP contribution in [0.4, 0.5) is 5.69 Å². The predicted molar refractivity (Wildman–Crippen MR) is 83.1 cm³/mol. The van der Waals surface area contributed by atoms with Crippen molar-refractivity contribution in [3.05, 3.63) is 36.2 Å². The fourth-order valence-corrected chi connectivity index (χ4v) is 2.61. The minimum atomic E-state index is 0.327. The highest BCUT2D eigenvalue weighted by Crippen LogP contribution is 2.24. The first-order chi connectivity index (χ1) is 9.72. The quantitative estimate of drug-likeness (QED) is 0.817. The number of nitrogens with one attached hydrogen (secondary N) is 1. The number of hydrogen-bond donors (Lipinski definition) is 1. The first kappa shape index (κ1) is 13.2. The summed E-state index contributed by atoms with van der Waals surface area (Å²) in [5.74, 6) is 1.89. The zero-order valence-electron chi connectivity index (χ0n) is 12.2. The summed E-state index contributed by atoms with van der Waals surface area (Å²) in [4.78, 5) is 4.55. The topological polar surface area (TPSA) is 38.1 Å². The molecule has 2 aromatic rings. The molecule has 3 nitrogen and oxygen atoms in total. The average Bonchev–Trinajstić information content (AvgIpc) is 2.89. The Balaban J connectivity index is 1.70. The third-order valence-corrected chi connectivity index (χ3v) is 3.87. The second-order valence-corrected chi connectivity index (χ2v) is 5.92. The van der Waals surface area contributed by atoms with Crippen LogP contribution in [0.25, 0.3) is 11.1 Å². The number of oxazole rings is 1. The van der Waals surface area contributed by atoms with Crippen molar-refractivity contribution in [1.29, 1.82) is 0 Å². The molecule has 0 spiro atoms. The van der Waals surface area contributed by atoms with E-state index in [1.807, 2.05) is 6.07 Å². The molecule has 0 saturated carbocycles. The molecule has 1 heterocycles. The van der Waals surface area contributed by atoms with Gasteiger partial charge in [0.2, 0.25) is 0 Å². The third kappa shape index (κ3) is 2.87. The molecule has 0 saturated heterocycles. The van der Waals surface area contributed by atoms with Crippen LogP contribution in [0.3, 0.4) is 0 Å². The normalized spacial score (nSPS) is 18.9. The van der Waals surface area contributed by atoms with E-state index < -0.39 is 0 Å². The monoisotopic (exact) mass is 270 g/mol. The Morgan fingerprint density at radius 2 is 2.25 bits per heavy atom. The van der Waals surface area contributed by atoms with E-state index in [-0.39, 0.29) is 0 Å². The van der Waals surface area contributed by atoms with Crippen LogP contribution in [0.15, 0.2) is 34.8 Å². The van der Waals surface area contributed by atoms with E-state index >= 15 is 0 Å². The van der Waals surface area contributed by atoms with Gasteiger partial charge in [0.05, 0.1) is 0 Å². The fourth-order valence-electron chi connectivity index (χ4n) is 2.61. The summed E-state index contributed by atoms with van der Waals surface area (Å²) < 4.78 is 5.73. The Morgan fingerprint density at radius 3 is 3.00 bits per heavy atom. The van der Waals surface area contributed by atoms with E-state index in [1.54, 1.807) is 0 Å². The van der Waals surface area contributed by atoms with E-state index in [1.165, 1.54) is 19.3 Å². The van der Waals surface area contributed by atoms with Crippen molar-refractivity contribution < 1.29 is 4.42 Å². The second-order valence-electron chi connectivity index (χ2n) is 5.92. The minimum absolute atomic E-state index is 0.327. The van der Waals surface area contributed by atoms with Crippen LogP contribution in [-0.2, 0) is 0 Å². The Labute approximate surface area is 120 Å². The van der Waals surface area contributed by atoms with E-state index in [0.717, 1.165) is 35.1 Å². The molecule has 1 atom stereocenters. The number of fused-ring (bicyclic) bond motifs is 1. The number of nitrogens with zero attached hydrogens (tertiary/aromatic N) is 1. The summed E-state index contributed by atoms with van der Waals surface area (Å²) in [5.41, 5.74) is 2.96. The lowest BCUT2D eigenvalue weighted by molar-refractivity contribution is 0.501. The van der Waals surface area contributed by atoms with Gasteiger partial charge in [-0.3, -0.25) is 0 Å². The molecular formula is C17H22N2O. The summed E-state index contributed by atoms with van der Waals surface area (Å²) in [7, 11) is 0. The first-order valence-electron chi connectivity index (χ1n) is 7.51. The van der Waals surface area contributed by atoms with Gasteiger partial charge in [-0.1, -0.05) is 26.0 Å². The molecule has 0 aliphatic heterocycles. The van der Waals surface area contributed by atoms with Gasteiger partial charge in [-0.05, 0) is 43.4 Å². The van der Waals surface area contributed by atoms with Crippen molar-refractivity contribution in [3.63, 3.8) is 0 Å². The number of aromatic nitrogens is 1. The van der Waals surface area contributed by atoms with Crippen molar-refractivity contribution in [3.8, 4) is 0 Å². The van der Waals surface area contributed by atoms with Gasteiger partial charge >= 0.3 is 0 Å². The van der Waals surface area contributed by atoms with E-state index in [0.29, 0.717) is 5.92 Å². The molecule has 1 N–H and O–H groups in total. The van der Waals surface area contributed by atoms with Gasteiger partial charge in [-0.25, -0.2) is 4.98 Å². The number of rotatable bonds is 4. The maximum absolute atomic E-state index is 5.73. The Bertz CT molecular complexity index is 612. The Kier molecular flexibility index (Phi) is 3.77. The SMILES string of the molecule is CC(C)c1nc2cc(NCC3CC=CCC3)ccc2o1. The standard InChI is InChI=1S/C17H22N2O/c1-12(2)17-19-15-10-14(8-9-16(15)20-17)18-11-13-6-4-3-5-7-13/h3-4,8-10,12-13,18H,5-7,11H2,1-2H3. The second kappa shape index (κ2) is 5.70. The Morgan fingerprint density at radius 1 is 1.35 bits per heavy atom. The van der Waals surface area contributed by atoms with Gasteiger partial charge in [0, 0.05) is 18.2 Å². The molecule has 1 aliphatic carbocycles. The molecule has 0 bridgehead atoms. The molecule has 1 aromatic heterocycles. The highest BCUT2D eigenvalue weighted by Gasteiger charge is 2.11. The zero-order chi connectivity index (χ0) is 13.9. The van der Waals surface area contributed by atoms with Crippen molar-refractivity contribution in [1.82, 2.24) is 4.98 Å². The van der Waals surface area contributed by atoms with Gasteiger partial charge in [-0.2, -0.15) is 0 Å². The molecule has 20 heavy (non-hydrogen) atoms. The lowest BCUT2D eigenvalue weighted by Crippen LogP contribution is -2.15. The van der Waals surface area contributed by atoms with Crippen LogP contribution in [0.5, 0.6) is 0 Å². The Hall–Kier alpha value is -1.77. The maximum Gasteiger partial charge on any atom is 0.198 e. The van der Waals surface area contributed by atoms with E-state index in [2.05, 4.69) is 48.4 Å². The van der Waals surface area contributed by atoms with Crippen molar-refractivity contribution in [2.24, 2.45) is 5.92 Å². The number of benzene rings is 1. The van der Waals surface area contributed by atoms with Crippen LogP contribution >= 0.6 is 0 Å². The smallest absolute Gasteiger partial charge is 0.198 e. The predicted octanol–water partition coefficient (Wildman–Crippen LogP) is 4.72. The average molecular weight is 270 g/mol. The summed E-state index contributed by atoms with van der Waals surface area (Å²) in [6, 6.07) is 6.18. The molecule has 3 rings (SSSR count). The van der Waals surface area contributed by atoms with Crippen molar-refractivity contribution >= 4 is 16.8 Å². The molecular weight excluding hydrogens is 248 g/mol. The van der Waals surface area contributed by atoms with Gasteiger partial charge in [-0.15, -0.1) is 0 Å². The highest BCUT2D eigenvalue weighted by atomic mass is 16.3. The van der Waals surface area contributed by atoms with Crippen molar-refractivity contribution in [2.45, 2.75) is 39.0 Å². The number of hydrogen-bond acceptors (Lipinski definition) is 3. The van der Waals surface area contributed by atoms with E-state index in [4.69, 9.17) is 4.42 Å². The molecule has 0 amide bonds. The summed E-state index contributed by atoms with van der Waals surface area (Å²) in [6.07, 6.45) is 8.27. The third-order valence-electron chi connectivity index (χ3n) is 3.87. The van der Waals surface area contributed by atoms with Crippen LogP contribution in [-0.4, -0.2) is 11.5 Å². The van der Waals surface area contributed by atoms with Crippen LogP contribution in [0.1, 0.15) is 44.9 Å². The largest absolute Gasteiger partial charge is 0.440 e.